The number of fused-ring (bicyclic) bond motifs is 1. The van der Waals surface area contributed by atoms with Crippen LogP contribution in [-0.4, -0.2) is 41.7 Å². The van der Waals surface area contributed by atoms with Crippen LogP contribution >= 0.6 is 23.4 Å². The number of aliphatic imine (C=N–C) groups is 1. The minimum absolute atomic E-state index is 0.0148. The summed E-state index contributed by atoms with van der Waals surface area (Å²) in [6.07, 6.45) is 2.00. The number of amides is 1. The highest BCUT2D eigenvalue weighted by atomic mass is 35.5. The summed E-state index contributed by atoms with van der Waals surface area (Å²) in [6.45, 7) is 7.04. The number of hydrogen-bond acceptors (Lipinski definition) is 5. The molecule has 2 aromatic rings. The highest BCUT2D eigenvalue weighted by Gasteiger charge is 2.26. The maximum Gasteiger partial charge on any atom is 0.299 e. The zero-order chi connectivity index (χ0) is 22.8. The Morgan fingerprint density at radius 1 is 1.31 bits per heavy atom. The van der Waals surface area contributed by atoms with Crippen LogP contribution in [0.15, 0.2) is 46.5 Å². The molecule has 0 bridgehead atoms. The Labute approximate surface area is 198 Å². The SMILES string of the molecule is COc1ccc(/C(=N/C(C)C)N2CCCc3cc(C4=NNC(=O)SC4C)ccc32)cc1Cl. The van der Waals surface area contributed by atoms with Crippen LogP contribution in [-0.2, 0) is 6.42 Å². The van der Waals surface area contributed by atoms with E-state index in [2.05, 4.69) is 47.5 Å². The summed E-state index contributed by atoms with van der Waals surface area (Å²) in [5.41, 5.74) is 7.88. The van der Waals surface area contributed by atoms with Gasteiger partial charge in [-0.3, -0.25) is 9.79 Å². The molecule has 2 aromatic carbocycles. The molecule has 0 spiro atoms. The van der Waals surface area contributed by atoms with Crippen molar-refractivity contribution in [1.29, 1.82) is 0 Å². The van der Waals surface area contributed by atoms with Gasteiger partial charge in [0.2, 0.25) is 0 Å². The van der Waals surface area contributed by atoms with Crippen LogP contribution in [0, 0.1) is 0 Å². The van der Waals surface area contributed by atoms with Gasteiger partial charge in [0.15, 0.2) is 0 Å². The predicted octanol–water partition coefficient (Wildman–Crippen LogP) is 5.51. The quantitative estimate of drug-likeness (QED) is 0.473. The molecule has 1 N–H and O–H groups in total. The van der Waals surface area contributed by atoms with Crippen LogP contribution in [0.4, 0.5) is 10.5 Å². The molecule has 0 fully saturated rings. The molecule has 168 valence electrons. The Hall–Kier alpha value is -2.51. The number of anilines is 1. The lowest BCUT2D eigenvalue weighted by Gasteiger charge is -2.33. The number of carbonyl (C=O) groups is 1. The summed E-state index contributed by atoms with van der Waals surface area (Å²) in [5.74, 6) is 1.56. The zero-order valence-corrected chi connectivity index (χ0v) is 20.3. The van der Waals surface area contributed by atoms with Gasteiger partial charge in [0.05, 0.1) is 23.1 Å². The molecule has 0 saturated heterocycles. The molecular weight excluding hydrogens is 444 g/mol. The van der Waals surface area contributed by atoms with Crippen molar-refractivity contribution in [1.82, 2.24) is 5.43 Å². The molecule has 8 heteroatoms. The molecule has 0 aromatic heterocycles. The number of nitrogens with one attached hydrogen (secondary N) is 1. The van der Waals surface area contributed by atoms with Crippen molar-refractivity contribution in [3.05, 3.63) is 58.1 Å². The molecule has 0 saturated carbocycles. The van der Waals surface area contributed by atoms with Gasteiger partial charge in [-0.25, -0.2) is 5.43 Å². The molecular formula is C24H27ClN4O2S. The zero-order valence-electron chi connectivity index (χ0n) is 18.7. The summed E-state index contributed by atoms with van der Waals surface area (Å²) in [6, 6.07) is 12.4. The lowest BCUT2D eigenvalue weighted by molar-refractivity contribution is 0.261. The third-order valence-corrected chi connectivity index (χ3v) is 6.65. The molecule has 1 unspecified atom stereocenters. The summed E-state index contributed by atoms with van der Waals surface area (Å²) in [4.78, 5) is 18.8. The van der Waals surface area contributed by atoms with Crippen molar-refractivity contribution in [2.75, 3.05) is 18.6 Å². The average molecular weight is 471 g/mol. The molecule has 6 nitrogen and oxygen atoms in total. The van der Waals surface area contributed by atoms with Crippen molar-refractivity contribution in [2.24, 2.45) is 10.1 Å². The first-order chi connectivity index (χ1) is 15.4. The van der Waals surface area contributed by atoms with Gasteiger partial charge >= 0.3 is 0 Å². The van der Waals surface area contributed by atoms with E-state index in [9.17, 15) is 4.79 Å². The van der Waals surface area contributed by atoms with Crippen molar-refractivity contribution in [2.45, 2.75) is 44.9 Å². The number of benzene rings is 2. The van der Waals surface area contributed by atoms with Gasteiger partial charge in [0.25, 0.3) is 5.24 Å². The second-order valence-corrected chi connectivity index (χ2v) is 9.87. The van der Waals surface area contributed by atoms with E-state index < -0.39 is 0 Å². The first kappa shape index (κ1) is 22.7. The fraction of sp³-hybridized carbons (Fsp3) is 0.375. The summed E-state index contributed by atoms with van der Waals surface area (Å²) in [7, 11) is 1.61. The summed E-state index contributed by atoms with van der Waals surface area (Å²) in [5, 5.41) is 4.78. The lowest BCUT2D eigenvalue weighted by Crippen LogP contribution is -2.37. The van der Waals surface area contributed by atoms with Crippen LogP contribution in [0.3, 0.4) is 0 Å². The van der Waals surface area contributed by atoms with E-state index in [-0.39, 0.29) is 16.5 Å². The van der Waals surface area contributed by atoms with Crippen molar-refractivity contribution in [3.8, 4) is 5.75 Å². The molecule has 1 amide bonds. The molecule has 1 atom stereocenters. The topological polar surface area (TPSA) is 66.3 Å². The molecule has 2 heterocycles. The highest BCUT2D eigenvalue weighted by molar-refractivity contribution is 8.14. The maximum atomic E-state index is 11.6. The molecule has 0 radical (unpaired) electrons. The summed E-state index contributed by atoms with van der Waals surface area (Å²) < 4.78 is 5.32. The number of hydrogen-bond donors (Lipinski definition) is 1. The molecule has 2 aliphatic rings. The molecule has 0 aliphatic carbocycles. The Morgan fingerprint density at radius 3 is 2.81 bits per heavy atom. The van der Waals surface area contributed by atoms with Gasteiger partial charge < -0.3 is 9.64 Å². The molecule has 2 aliphatic heterocycles. The number of aryl methyl sites for hydroxylation is 1. The van der Waals surface area contributed by atoms with Crippen LogP contribution in [0.5, 0.6) is 5.75 Å². The van der Waals surface area contributed by atoms with Crippen LogP contribution in [0.2, 0.25) is 5.02 Å². The number of hydrazone groups is 1. The smallest absolute Gasteiger partial charge is 0.299 e. The van der Waals surface area contributed by atoms with E-state index in [4.69, 9.17) is 21.3 Å². The van der Waals surface area contributed by atoms with Gasteiger partial charge in [-0.15, -0.1) is 0 Å². The highest BCUT2D eigenvalue weighted by Crippen LogP contribution is 2.33. The summed E-state index contributed by atoms with van der Waals surface area (Å²) >= 11 is 7.70. The Balaban J connectivity index is 1.73. The maximum absolute atomic E-state index is 11.6. The Kier molecular flexibility index (Phi) is 6.76. The molecule has 4 rings (SSSR count). The molecule has 32 heavy (non-hydrogen) atoms. The predicted molar refractivity (Wildman–Crippen MR) is 134 cm³/mol. The van der Waals surface area contributed by atoms with Crippen molar-refractivity contribution in [3.63, 3.8) is 0 Å². The largest absolute Gasteiger partial charge is 0.495 e. The average Bonchev–Trinajstić information content (AvgIpc) is 2.76. The van der Waals surface area contributed by atoms with E-state index in [0.29, 0.717) is 10.8 Å². The number of carbonyl (C=O) groups excluding carboxylic acids is 1. The monoisotopic (exact) mass is 470 g/mol. The first-order valence-corrected chi connectivity index (χ1v) is 12.0. The minimum atomic E-state index is -0.113. The Morgan fingerprint density at radius 2 is 2.12 bits per heavy atom. The Bertz CT molecular complexity index is 1100. The number of halogens is 1. The third kappa shape index (κ3) is 4.64. The number of amidine groups is 1. The van der Waals surface area contributed by atoms with Gasteiger partial charge in [0.1, 0.15) is 11.6 Å². The third-order valence-electron chi connectivity index (χ3n) is 5.48. The fourth-order valence-corrected chi connectivity index (χ4v) is 5.04. The second-order valence-electron chi connectivity index (χ2n) is 8.15. The van der Waals surface area contributed by atoms with Crippen molar-refractivity contribution >= 4 is 45.8 Å². The second kappa shape index (κ2) is 9.55. The van der Waals surface area contributed by atoms with E-state index in [1.54, 1.807) is 7.11 Å². The van der Waals surface area contributed by atoms with Gasteiger partial charge in [0, 0.05) is 23.8 Å². The van der Waals surface area contributed by atoms with E-state index in [0.717, 1.165) is 47.7 Å². The first-order valence-electron chi connectivity index (χ1n) is 10.7. The lowest BCUT2D eigenvalue weighted by atomic mass is 9.96. The normalized spacial score (nSPS) is 18.9. The van der Waals surface area contributed by atoms with Gasteiger partial charge in [-0.1, -0.05) is 29.4 Å². The fourth-order valence-electron chi connectivity index (χ4n) is 4.07. The van der Waals surface area contributed by atoms with Crippen LogP contribution < -0.4 is 15.1 Å². The minimum Gasteiger partial charge on any atom is -0.495 e. The number of ether oxygens (including phenoxy) is 1. The van der Waals surface area contributed by atoms with Crippen LogP contribution in [0.25, 0.3) is 0 Å². The van der Waals surface area contributed by atoms with E-state index >= 15 is 0 Å². The number of nitrogens with zero attached hydrogens (tertiary/aromatic N) is 3. The van der Waals surface area contributed by atoms with E-state index in [1.165, 1.54) is 17.3 Å². The van der Waals surface area contributed by atoms with Crippen molar-refractivity contribution < 1.29 is 9.53 Å². The number of rotatable bonds is 4. The van der Waals surface area contributed by atoms with Gasteiger partial charge in [-0.05, 0) is 75.1 Å². The van der Waals surface area contributed by atoms with Crippen LogP contribution in [0.1, 0.15) is 43.9 Å². The number of thioether (sulfide) groups is 1. The van der Waals surface area contributed by atoms with Gasteiger partial charge in [-0.2, -0.15) is 5.10 Å². The van der Waals surface area contributed by atoms with E-state index in [1.807, 2.05) is 25.1 Å². The standard InChI is InChI=1S/C24H27ClN4O2S/c1-14(2)26-23(18-8-10-21(31-4)19(25)13-18)29-11-5-6-16-12-17(7-9-20(16)29)22-15(3)32-24(30)28-27-22/h7-10,12-15H,5-6,11H2,1-4H3,(H,28,30)/b26-23-. The number of methoxy groups -OCH3 is 1.